The fourth-order valence-electron chi connectivity index (χ4n) is 2.52. The third kappa shape index (κ3) is 4.10. The summed E-state index contributed by atoms with van der Waals surface area (Å²) in [7, 11) is 1.34. The first kappa shape index (κ1) is 18.8. The maximum atomic E-state index is 13.4. The highest BCUT2D eigenvalue weighted by Gasteiger charge is 2.39. The van der Waals surface area contributed by atoms with Crippen molar-refractivity contribution in [2.45, 2.75) is 26.4 Å². The van der Waals surface area contributed by atoms with Crippen LogP contribution < -0.4 is 0 Å². The van der Waals surface area contributed by atoms with Gasteiger partial charge in [0.2, 0.25) is 5.78 Å². The lowest BCUT2D eigenvalue weighted by atomic mass is 10.0. The van der Waals surface area contributed by atoms with Crippen molar-refractivity contribution in [1.29, 1.82) is 0 Å². The Bertz CT molecular complexity index is 789. The number of halogens is 3. The van der Waals surface area contributed by atoms with Crippen LogP contribution in [0.25, 0.3) is 0 Å². The zero-order valence-electron chi connectivity index (χ0n) is 14.1. The molecular formula is C18H18F3NO3. The van der Waals surface area contributed by atoms with Gasteiger partial charge in [-0.05, 0) is 19.9 Å². The van der Waals surface area contributed by atoms with Gasteiger partial charge in [0.15, 0.2) is 0 Å². The third-order valence-corrected chi connectivity index (χ3v) is 3.80. The summed E-state index contributed by atoms with van der Waals surface area (Å²) in [6.45, 7) is 3.55. The lowest BCUT2D eigenvalue weighted by molar-refractivity contribution is -0.142. The third-order valence-electron chi connectivity index (χ3n) is 3.80. The molecule has 1 aromatic heterocycles. The minimum Gasteiger partial charge on any atom is -0.466 e. The quantitative estimate of drug-likeness (QED) is 0.608. The number of alkyl halides is 3. The van der Waals surface area contributed by atoms with Crippen LogP contribution in [0.4, 0.5) is 13.2 Å². The smallest absolute Gasteiger partial charge is 0.418 e. The summed E-state index contributed by atoms with van der Waals surface area (Å²) in [5.41, 5.74) is -0.431. The standard InChI is InChI=1S/C18H18F3NO3/c1-4-25-15(23)10-13-9-14(18(19,20)21)16(22(13)3)17(24)12-7-5-11(2)6-8-12/h5-9H,4,10H2,1-3H3. The number of ether oxygens (including phenoxy) is 1. The molecule has 1 heterocycles. The molecule has 0 radical (unpaired) electrons. The van der Waals surface area contributed by atoms with Crippen molar-refractivity contribution in [2.24, 2.45) is 7.05 Å². The van der Waals surface area contributed by atoms with Gasteiger partial charge in [0.1, 0.15) is 5.69 Å². The number of aromatic nitrogens is 1. The summed E-state index contributed by atoms with van der Waals surface area (Å²) in [4.78, 5) is 24.2. The molecular weight excluding hydrogens is 335 g/mol. The number of ketones is 1. The van der Waals surface area contributed by atoms with E-state index in [1.165, 1.54) is 19.2 Å². The summed E-state index contributed by atoms with van der Waals surface area (Å²) in [5.74, 6) is -1.39. The monoisotopic (exact) mass is 353 g/mol. The Morgan fingerprint density at radius 1 is 1.16 bits per heavy atom. The number of hydrogen-bond donors (Lipinski definition) is 0. The van der Waals surface area contributed by atoms with Crippen LogP contribution >= 0.6 is 0 Å². The average Bonchev–Trinajstić information content (AvgIpc) is 2.84. The van der Waals surface area contributed by atoms with Gasteiger partial charge in [-0.25, -0.2) is 0 Å². The van der Waals surface area contributed by atoms with Gasteiger partial charge in [0, 0.05) is 18.3 Å². The van der Waals surface area contributed by atoms with Crippen molar-refractivity contribution >= 4 is 11.8 Å². The molecule has 0 aliphatic heterocycles. The van der Waals surface area contributed by atoms with E-state index >= 15 is 0 Å². The molecule has 25 heavy (non-hydrogen) atoms. The van der Waals surface area contributed by atoms with E-state index in [2.05, 4.69) is 0 Å². The summed E-state index contributed by atoms with van der Waals surface area (Å²) in [6.07, 6.45) is -5.05. The van der Waals surface area contributed by atoms with Crippen molar-refractivity contribution in [3.05, 3.63) is 58.4 Å². The van der Waals surface area contributed by atoms with Gasteiger partial charge in [-0.3, -0.25) is 9.59 Å². The number of esters is 1. The van der Waals surface area contributed by atoms with Gasteiger partial charge in [-0.2, -0.15) is 13.2 Å². The largest absolute Gasteiger partial charge is 0.466 e. The first-order valence-corrected chi connectivity index (χ1v) is 7.68. The lowest BCUT2D eigenvalue weighted by Gasteiger charge is -2.11. The van der Waals surface area contributed by atoms with Crippen LogP contribution in [0.5, 0.6) is 0 Å². The second-order valence-corrected chi connectivity index (χ2v) is 5.63. The Balaban J connectivity index is 2.51. The average molecular weight is 353 g/mol. The maximum Gasteiger partial charge on any atom is 0.418 e. The predicted octanol–water partition coefficient (Wildman–Crippen LogP) is 3.69. The Kier molecular flexibility index (Phi) is 5.35. The summed E-state index contributed by atoms with van der Waals surface area (Å²) < 4.78 is 46.0. The van der Waals surface area contributed by atoms with Crippen LogP contribution in [0.2, 0.25) is 0 Å². The molecule has 2 aromatic rings. The molecule has 134 valence electrons. The normalized spacial score (nSPS) is 11.4. The minimum absolute atomic E-state index is 0.0706. The summed E-state index contributed by atoms with van der Waals surface area (Å²) >= 11 is 0. The van der Waals surface area contributed by atoms with Gasteiger partial charge in [-0.15, -0.1) is 0 Å². The molecule has 0 amide bonds. The van der Waals surface area contributed by atoms with Gasteiger partial charge in [0.25, 0.3) is 0 Å². The number of rotatable bonds is 5. The van der Waals surface area contributed by atoms with Gasteiger partial charge >= 0.3 is 12.1 Å². The molecule has 0 saturated heterocycles. The zero-order valence-corrected chi connectivity index (χ0v) is 14.1. The van der Waals surface area contributed by atoms with Crippen molar-refractivity contribution < 1.29 is 27.5 Å². The van der Waals surface area contributed by atoms with Gasteiger partial charge in [0.05, 0.1) is 18.6 Å². The van der Waals surface area contributed by atoms with E-state index in [4.69, 9.17) is 4.74 Å². The fraction of sp³-hybridized carbons (Fsp3) is 0.333. The molecule has 0 spiro atoms. The van der Waals surface area contributed by atoms with E-state index in [1.807, 2.05) is 6.92 Å². The summed E-state index contributed by atoms with van der Waals surface area (Å²) in [5, 5.41) is 0. The van der Waals surface area contributed by atoms with E-state index in [0.29, 0.717) is 0 Å². The molecule has 4 nitrogen and oxygen atoms in total. The Morgan fingerprint density at radius 3 is 2.28 bits per heavy atom. The number of aryl methyl sites for hydroxylation is 1. The number of benzene rings is 1. The topological polar surface area (TPSA) is 48.3 Å². The van der Waals surface area contributed by atoms with E-state index in [9.17, 15) is 22.8 Å². The highest BCUT2D eigenvalue weighted by molar-refractivity contribution is 6.09. The first-order chi connectivity index (χ1) is 11.6. The first-order valence-electron chi connectivity index (χ1n) is 7.68. The number of carbonyl (C=O) groups is 2. The molecule has 0 N–H and O–H groups in total. The highest BCUT2D eigenvalue weighted by Crippen LogP contribution is 2.35. The van der Waals surface area contributed by atoms with Gasteiger partial charge < -0.3 is 9.30 Å². The number of carbonyl (C=O) groups excluding carboxylic acids is 2. The van der Waals surface area contributed by atoms with Crippen LogP contribution in [0, 0.1) is 6.92 Å². The maximum absolute atomic E-state index is 13.4. The van der Waals surface area contributed by atoms with Crippen LogP contribution in [-0.4, -0.2) is 22.9 Å². The molecule has 0 aliphatic carbocycles. The lowest BCUT2D eigenvalue weighted by Crippen LogP contribution is -2.16. The van der Waals surface area contributed by atoms with E-state index in [1.54, 1.807) is 19.1 Å². The second-order valence-electron chi connectivity index (χ2n) is 5.63. The molecule has 0 fully saturated rings. The molecule has 0 bridgehead atoms. The van der Waals surface area contributed by atoms with Crippen molar-refractivity contribution in [3.8, 4) is 0 Å². The van der Waals surface area contributed by atoms with Crippen molar-refractivity contribution in [2.75, 3.05) is 6.61 Å². The molecule has 0 atom stereocenters. The van der Waals surface area contributed by atoms with Gasteiger partial charge in [-0.1, -0.05) is 29.8 Å². The van der Waals surface area contributed by atoms with Crippen LogP contribution in [0.3, 0.4) is 0 Å². The van der Waals surface area contributed by atoms with Crippen molar-refractivity contribution in [3.63, 3.8) is 0 Å². The van der Waals surface area contributed by atoms with Crippen LogP contribution in [0.1, 0.15) is 39.8 Å². The Morgan fingerprint density at radius 2 is 1.76 bits per heavy atom. The second kappa shape index (κ2) is 7.13. The number of nitrogens with zero attached hydrogens (tertiary/aromatic N) is 1. The molecule has 2 rings (SSSR count). The zero-order chi connectivity index (χ0) is 18.8. The minimum atomic E-state index is -4.71. The molecule has 0 aliphatic rings. The highest BCUT2D eigenvalue weighted by atomic mass is 19.4. The molecule has 7 heteroatoms. The van der Waals surface area contributed by atoms with Crippen LogP contribution in [0.15, 0.2) is 30.3 Å². The van der Waals surface area contributed by atoms with E-state index < -0.39 is 29.2 Å². The number of hydrogen-bond acceptors (Lipinski definition) is 3. The van der Waals surface area contributed by atoms with Crippen LogP contribution in [-0.2, 0) is 29.2 Å². The van der Waals surface area contributed by atoms with Crippen molar-refractivity contribution in [1.82, 2.24) is 4.57 Å². The summed E-state index contributed by atoms with van der Waals surface area (Å²) in [6, 6.07) is 7.11. The molecule has 0 unspecified atom stereocenters. The predicted molar refractivity (Wildman–Crippen MR) is 85.4 cm³/mol. The molecule has 1 aromatic carbocycles. The molecule has 0 saturated carbocycles. The van der Waals surface area contributed by atoms with E-state index in [0.717, 1.165) is 16.2 Å². The fourth-order valence-corrected chi connectivity index (χ4v) is 2.52. The SMILES string of the molecule is CCOC(=O)Cc1cc(C(F)(F)F)c(C(=O)c2ccc(C)cc2)n1C. The Hall–Kier alpha value is -2.57. The van der Waals surface area contributed by atoms with E-state index in [-0.39, 0.29) is 24.3 Å². The Labute approximate surface area is 143 Å².